The van der Waals surface area contributed by atoms with E-state index in [0.29, 0.717) is 27.5 Å². The van der Waals surface area contributed by atoms with Crippen molar-refractivity contribution in [2.45, 2.75) is 6.04 Å². The Hall–Kier alpha value is -3.56. The number of pyridine rings is 1. The summed E-state index contributed by atoms with van der Waals surface area (Å²) in [5, 5.41) is 11.4. The first-order valence-electron chi connectivity index (χ1n) is 9.89. The van der Waals surface area contributed by atoms with E-state index in [1.165, 1.54) is 28.6 Å². The van der Waals surface area contributed by atoms with Gasteiger partial charge >= 0.3 is 5.91 Å². The highest BCUT2D eigenvalue weighted by Gasteiger charge is 2.48. The number of benzene rings is 2. The van der Waals surface area contributed by atoms with Crippen molar-refractivity contribution in [3.63, 3.8) is 0 Å². The second kappa shape index (κ2) is 8.42. The molecule has 1 aliphatic rings. The maximum atomic E-state index is 13.3. The van der Waals surface area contributed by atoms with Gasteiger partial charge in [-0.1, -0.05) is 39.4 Å². The number of thiazole rings is 1. The van der Waals surface area contributed by atoms with Gasteiger partial charge in [0.1, 0.15) is 11.5 Å². The molecule has 0 saturated carbocycles. The summed E-state index contributed by atoms with van der Waals surface area (Å²) in [6.07, 6.45) is 3.03. The molecule has 0 aliphatic carbocycles. The number of carbonyl (C=O) groups is 2. The average molecular weight is 522 g/mol. The smallest absolute Gasteiger partial charge is 0.301 e. The lowest BCUT2D eigenvalue weighted by Crippen LogP contribution is -2.29. The van der Waals surface area contributed by atoms with Crippen molar-refractivity contribution in [2.24, 2.45) is 0 Å². The average Bonchev–Trinajstić information content (AvgIpc) is 3.37. The van der Waals surface area contributed by atoms with Crippen molar-refractivity contribution >= 4 is 60.1 Å². The highest BCUT2D eigenvalue weighted by atomic mass is 79.9. The fraction of sp³-hybridized carbons (Fsp3) is 0.0833. The number of ketones is 1. The molecule has 1 saturated heterocycles. The topological polar surface area (TPSA) is 92.6 Å². The number of anilines is 1. The summed E-state index contributed by atoms with van der Waals surface area (Å²) in [4.78, 5) is 36.4. The zero-order valence-corrected chi connectivity index (χ0v) is 19.6. The van der Waals surface area contributed by atoms with E-state index >= 15 is 0 Å². The first kappa shape index (κ1) is 21.3. The molecule has 0 radical (unpaired) electrons. The quantitative estimate of drug-likeness (QED) is 0.228. The van der Waals surface area contributed by atoms with E-state index in [-0.39, 0.29) is 11.3 Å². The molecular formula is C24H16BrN3O4S. The maximum absolute atomic E-state index is 13.3. The number of carbonyl (C=O) groups excluding carboxylic acids is 2. The van der Waals surface area contributed by atoms with Crippen LogP contribution in [0.1, 0.15) is 17.2 Å². The predicted molar refractivity (Wildman–Crippen MR) is 129 cm³/mol. The summed E-state index contributed by atoms with van der Waals surface area (Å²) in [5.41, 5.74) is 1.76. The van der Waals surface area contributed by atoms with Crippen LogP contribution >= 0.6 is 27.3 Å². The van der Waals surface area contributed by atoms with Gasteiger partial charge in [-0.05, 0) is 48.0 Å². The normalized spacial score (nSPS) is 17.6. The van der Waals surface area contributed by atoms with Gasteiger partial charge in [-0.25, -0.2) is 4.98 Å². The largest absolute Gasteiger partial charge is 0.507 e. The number of hydrogen-bond donors (Lipinski definition) is 1. The van der Waals surface area contributed by atoms with Crippen LogP contribution in [0.2, 0.25) is 0 Å². The third-order valence-corrected chi connectivity index (χ3v) is 6.92. The molecule has 7 nitrogen and oxygen atoms in total. The van der Waals surface area contributed by atoms with Crippen LogP contribution < -0.4 is 9.64 Å². The summed E-state index contributed by atoms with van der Waals surface area (Å²) in [5.74, 6) is -1.10. The molecule has 9 heteroatoms. The highest BCUT2D eigenvalue weighted by Crippen LogP contribution is 2.44. The molecule has 1 amide bonds. The lowest BCUT2D eigenvalue weighted by atomic mass is 9.96. The van der Waals surface area contributed by atoms with Gasteiger partial charge in [0.2, 0.25) is 0 Å². The van der Waals surface area contributed by atoms with E-state index in [1.807, 2.05) is 30.3 Å². The molecule has 2 aromatic carbocycles. The number of amides is 1. The minimum absolute atomic E-state index is 0.00496. The molecule has 3 heterocycles. The number of methoxy groups -OCH3 is 1. The molecule has 1 N–H and O–H groups in total. The van der Waals surface area contributed by atoms with Crippen molar-refractivity contribution in [3.8, 4) is 5.75 Å². The van der Waals surface area contributed by atoms with Crippen molar-refractivity contribution in [1.29, 1.82) is 0 Å². The summed E-state index contributed by atoms with van der Waals surface area (Å²) < 4.78 is 6.95. The van der Waals surface area contributed by atoms with Gasteiger partial charge in [0.05, 0.1) is 28.9 Å². The summed E-state index contributed by atoms with van der Waals surface area (Å²) in [6, 6.07) is 15.0. The van der Waals surface area contributed by atoms with Crippen molar-refractivity contribution in [1.82, 2.24) is 9.97 Å². The fourth-order valence-electron chi connectivity index (χ4n) is 3.78. The van der Waals surface area contributed by atoms with E-state index < -0.39 is 17.7 Å². The number of halogens is 1. The molecule has 0 spiro atoms. The minimum atomic E-state index is -0.839. The van der Waals surface area contributed by atoms with E-state index in [4.69, 9.17) is 4.74 Å². The van der Waals surface area contributed by atoms with Gasteiger partial charge in [-0.3, -0.25) is 19.5 Å². The number of fused-ring (bicyclic) bond motifs is 1. The predicted octanol–water partition coefficient (Wildman–Crippen LogP) is 5.09. The number of hydrogen-bond acceptors (Lipinski definition) is 7. The molecule has 1 atom stereocenters. The van der Waals surface area contributed by atoms with Gasteiger partial charge < -0.3 is 9.84 Å². The number of Topliss-reactive ketones (excluding diaryl/α,β-unsaturated/α-hetero) is 1. The Balaban J connectivity index is 1.72. The Kier molecular flexibility index (Phi) is 5.43. The monoisotopic (exact) mass is 521 g/mol. The number of ether oxygens (including phenoxy) is 1. The molecule has 1 aliphatic heterocycles. The van der Waals surface area contributed by atoms with Gasteiger partial charge in [0.25, 0.3) is 5.78 Å². The molecular weight excluding hydrogens is 506 g/mol. The molecule has 5 rings (SSSR count). The van der Waals surface area contributed by atoms with E-state index in [1.54, 1.807) is 31.4 Å². The number of nitrogens with zero attached hydrogens (tertiary/aromatic N) is 3. The zero-order chi connectivity index (χ0) is 23.1. The van der Waals surface area contributed by atoms with Crippen molar-refractivity contribution in [2.75, 3.05) is 12.0 Å². The Morgan fingerprint density at radius 3 is 2.52 bits per heavy atom. The molecule has 1 fully saturated rings. The van der Waals surface area contributed by atoms with Gasteiger partial charge in [-0.2, -0.15) is 0 Å². The van der Waals surface area contributed by atoms with Crippen LogP contribution in [0, 0.1) is 0 Å². The molecule has 164 valence electrons. The molecule has 4 aromatic rings. The number of rotatable bonds is 4. The molecule has 1 unspecified atom stereocenters. The third kappa shape index (κ3) is 3.69. The first-order valence-corrected chi connectivity index (χ1v) is 11.5. The van der Waals surface area contributed by atoms with Crippen molar-refractivity contribution in [3.05, 3.63) is 88.2 Å². The number of aromatic nitrogens is 2. The van der Waals surface area contributed by atoms with E-state index in [9.17, 15) is 14.7 Å². The van der Waals surface area contributed by atoms with Gasteiger partial charge in [0.15, 0.2) is 5.13 Å². The van der Waals surface area contributed by atoms with Crippen LogP contribution in [-0.4, -0.2) is 33.9 Å². The SMILES string of the molecule is COc1ccc2nc(N3C(=O)C(=O)/C(=C(/O)c4ccncc4)C3c3ccc(Br)cc3)sc2c1. The van der Waals surface area contributed by atoms with E-state index in [2.05, 4.69) is 25.9 Å². The third-order valence-electron chi connectivity index (χ3n) is 5.37. The Morgan fingerprint density at radius 2 is 1.82 bits per heavy atom. The van der Waals surface area contributed by atoms with Crippen molar-refractivity contribution < 1.29 is 19.4 Å². The van der Waals surface area contributed by atoms with Crippen LogP contribution in [0.15, 0.2) is 77.0 Å². The Labute approximate surface area is 201 Å². The maximum Gasteiger partial charge on any atom is 0.301 e. The second-order valence-electron chi connectivity index (χ2n) is 7.29. The minimum Gasteiger partial charge on any atom is -0.507 e. The van der Waals surface area contributed by atoms with Crippen LogP contribution in [0.4, 0.5) is 5.13 Å². The van der Waals surface area contributed by atoms with E-state index in [0.717, 1.165) is 9.17 Å². The lowest BCUT2D eigenvalue weighted by molar-refractivity contribution is -0.132. The fourth-order valence-corrected chi connectivity index (χ4v) is 5.06. The molecule has 0 bridgehead atoms. The summed E-state index contributed by atoms with van der Waals surface area (Å²) in [7, 11) is 1.58. The highest BCUT2D eigenvalue weighted by molar-refractivity contribution is 9.10. The van der Waals surface area contributed by atoms with Gasteiger partial charge in [0, 0.05) is 22.4 Å². The lowest BCUT2D eigenvalue weighted by Gasteiger charge is -2.23. The van der Waals surface area contributed by atoms with Gasteiger partial charge in [-0.15, -0.1) is 0 Å². The number of aliphatic hydroxyl groups excluding tert-OH is 1. The standard InChI is InChI=1S/C24H16BrN3O4S/c1-32-16-6-7-17-18(12-16)33-24(27-17)28-20(13-2-4-15(25)5-3-13)19(22(30)23(28)31)21(29)14-8-10-26-11-9-14/h2-12,20,29H,1H3/b21-19+. The van der Waals surface area contributed by atoms with Crippen LogP contribution in [0.5, 0.6) is 5.75 Å². The summed E-state index contributed by atoms with van der Waals surface area (Å²) in [6.45, 7) is 0. The van der Waals surface area contributed by atoms with Crippen LogP contribution in [-0.2, 0) is 9.59 Å². The Bertz CT molecular complexity index is 1420. The number of aliphatic hydroxyl groups is 1. The molecule has 33 heavy (non-hydrogen) atoms. The Morgan fingerprint density at radius 1 is 1.09 bits per heavy atom. The van der Waals surface area contributed by atoms with Crippen LogP contribution in [0.3, 0.4) is 0 Å². The zero-order valence-electron chi connectivity index (χ0n) is 17.2. The summed E-state index contributed by atoms with van der Waals surface area (Å²) >= 11 is 4.70. The second-order valence-corrected chi connectivity index (χ2v) is 9.21. The molecule has 2 aromatic heterocycles. The first-order chi connectivity index (χ1) is 16.0. The van der Waals surface area contributed by atoms with Crippen LogP contribution in [0.25, 0.3) is 16.0 Å².